The van der Waals surface area contributed by atoms with Gasteiger partial charge in [0.25, 0.3) is 5.56 Å². The van der Waals surface area contributed by atoms with Crippen LogP contribution in [0, 0.1) is 11.3 Å². The summed E-state index contributed by atoms with van der Waals surface area (Å²) in [6.07, 6.45) is 1.16. The van der Waals surface area contributed by atoms with E-state index in [2.05, 4.69) is 11.1 Å². The molecule has 29 heavy (non-hydrogen) atoms. The topological polar surface area (TPSA) is 73.7 Å². The number of nitrogens with one attached hydrogen (secondary N) is 1. The van der Waals surface area contributed by atoms with Crippen LogP contribution < -0.4 is 5.56 Å². The first-order valence-corrected chi connectivity index (χ1v) is 10.0. The first kappa shape index (κ1) is 22.1. The molecule has 1 unspecified atom stereocenters. The average molecular weight is 389 g/mol. The Kier molecular flexibility index (Phi) is 7.12. The molecule has 0 bridgehead atoms. The summed E-state index contributed by atoms with van der Waals surface area (Å²) in [6.45, 7) is 9.37. The third-order valence-electron chi connectivity index (χ3n) is 5.08. The van der Waals surface area contributed by atoms with E-state index in [-0.39, 0.29) is 11.3 Å². The normalized spacial score (nSPS) is 12.4. The van der Waals surface area contributed by atoms with Gasteiger partial charge in [0.2, 0.25) is 0 Å². The van der Waals surface area contributed by atoms with Gasteiger partial charge in [-0.15, -0.1) is 0 Å². The first-order chi connectivity index (χ1) is 13.9. The van der Waals surface area contributed by atoms with Crippen LogP contribution in [0.1, 0.15) is 61.7 Å². The van der Waals surface area contributed by atoms with Crippen molar-refractivity contribution >= 4 is 16.7 Å². The largest absolute Gasteiger partial charge is 0.322 e. The number of ketones is 1. The fraction of sp³-hybridized carbons (Fsp3) is 0.320. The highest BCUT2D eigenvalue weighted by Crippen LogP contribution is 2.30. The third-order valence-corrected chi connectivity index (χ3v) is 5.08. The molecule has 4 heteroatoms. The summed E-state index contributed by atoms with van der Waals surface area (Å²) in [5.41, 5.74) is 3.03. The number of benzene rings is 2. The molecule has 150 valence electrons. The van der Waals surface area contributed by atoms with Crippen molar-refractivity contribution in [3.05, 3.63) is 81.1 Å². The van der Waals surface area contributed by atoms with Crippen LogP contribution in [0.5, 0.6) is 0 Å². The minimum Gasteiger partial charge on any atom is -0.322 e. The average Bonchev–Trinajstić information content (AvgIpc) is 2.74. The van der Waals surface area contributed by atoms with Gasteiger partial charge in [-0.05, 0) is 61.4 Å². The number of carbonyl (C=O) groups excluding carboxylic acids is 1. The van der Waals surface area contributed by atoms with Crippen molar-refractivity contribution in [1.82, 2.24) is 4.98 Å². The van der Waals surface area contributed by atoms with Gasteiger partial charge in [0.05, 0.1) is 11.5 Å². The third kappa shape index (κ3) is 4.81. The monoisotopic (exact) mass is 388 g/mol. The number of aromatic amines is 1. The van der Waals surface area contributed by atoms with E-state index in [4.69, 9.17) is 0 Å². The Morgan fingerprint density at radius 2 is 1.86 bits per heavy atom. The number of aromatic nitrogens is 1. The van der Waals surface area contributed by atoms with Crippen LogP contribution in [-0.4, -0.2) is 10.8 Å². The first-order valence-electron chi connectivity index (χ1n) is 10.0. The highest BCUT2D eigenvalue weighted by Gasteiger charge is 2.27. The van der Waals surface area contributed by atoms with Crippen LogP contribution in [0.2, 0.25) is 0 Å². The van der Waals surface area contributed by atoms with E-state index < -0.39 is 5.41 Å². The Morgan fingerprint density at radius 3 is 2.48 bits per heavy atom. The number of nitrogens with zero attached hydrogens (tertiary/aromatic N) is 1. The van der Waals surface area contributed by atoms with Crippen molar-refractivity contribution in [2.24, 2.45) is 0 Å². The van der Waals surface area contributed by atoms with Crippen molar-refractivity contribution in [2.45, 2.75) is 52.9 Å². The lowest BCUT2D eigenvalue weighted by Crippen LogP contribution is -2.23. The molecule has 0 fully saturated rings. The van der Waals surface area contributed by atoms with E-state index in [1.807, 2.05) is 70.2 Å². The van der Waals surface area contributed by atoms with E-state index in [1.165, 1.54) is 6.92 Å². The lowest BCUT2D eigenvalue weighted by Gasteiger charge is -2.23. The highest BCUT2D eigenvalue weighted by molar-refractivity contribution is 5.94. The summed E-state index contributed by atoms with van der Waals surface area (Å²) in [5.74, 6) is 0.00511. The lowest BCUT2D eigenvalue weighted by atomic mass is 9.78. The van der Waals surface area contributed by atoms with Gasteiger partial charge in [-0.25, -0.2) is 0 Å². The Bertz CT molecular complexity index is 1120. The maximum Gasteiger partial charge on any atom is 0.251 e. The summed E-state index contributed by atoms with van der Waals surface area (Å²) in [6, 6.07) is 17.5. The second-order valence-electron chi connectivity index (χ2n) is 7.16. The van der Waals surface area contributed by atoms with E-state index in [1.54, 1.807) is 6.07 Å². The molecule has 0 radical (unpaired) electrons. The molecule has 1 N–H and O–H groups in total. The molecule has 0 spiro atoms. The van der Waals surface area contributed by atoms with Crippen molar-refractivity contribution in [3.8, 4) is 6.07 Å². The molecule has 0 saturated carbocycles. The molecule has 0 aliphatic carbocycles. The summed E-state index contributed by atoms with van der Waals surface area (Å²) in [5, 5.41) is 10.9. The van der Waals surface area contributed by atoms with Gasteiger partial charge in [-0.3, -0.25) is 9.59 Å². The zero-order chi connectivity index (χ0) is 21.6. The fourth-order valence-corrected chi connectivity index (χ4v) is 3.37. The number of H-pyrrole nitrogens is 1. The zero-order valence-corrected chi connectivity index (χ0v) is 17.8. The van der Waals surface area contributed by atoms with Crippen molar-refractivity contribution in [3.63, 3.8) is 0 Å². The van der Waals surface area contributed by atoms with Gasteiger partial charge in [0, 0.05) is 16.6 Å². The standard InChI is InChI=1S/C23H22N2O2.C2H6/c1-4-17-11-19-8-9-20(12-21(19)25-22(17)27)23(3,14-24)13-16-6-5-7-18(10-16)15(2)26;1-2/h5-12H,4,13H2,1-3H3,(H,25,27);1-2H3. The number of Topliss-reactive ketones (excluding diaryl/α,β-unsaturated/α-hetero) is 1. The molecule has 1 aromatic heterocycles. The Morgan fingerprint density at radius 1 is 1.14 bits per heavy atom. The molecule has 0 amide bonds. The number of rotatable bonds is 5. The predicted octanol–water partition coefficient (Wildman–Crippen LogP) is 5.34. The maximum atomic E-state index is 12.1. The quantitative estimate of drug-likeness (QED) is 0.599. The molecular formula is C25H28N2O2. The second kappa shape index (κ2) is 9.34. The van der Waals surface area contributed by atoms with Crippen LogP contribution in [0.3, 0.4) is 0 Å². The molecule has 2 aromatic carbocycles. The van der Waals surface area contributed by atoms with Gasteiger partial charge < -0.3 is 4.98 Å². The van der Waals surface area contributed by atoms with E-state index in [0.29, 0.717) is 18.4 Å². The highest BCUT2D eigenvalue weighted by atomic mass is 16.1. The van der Waals surface area contributed by atoms with Crippen LogP contribution in [-0.2, 0) is 18.3 Å². The van der Waals surface area contributed by atoms with E-state index in [0.717, 1.165) is 27.6 Å². The summed E-state index contributed by atoms with van der Waals surface area (Å²) >= 11 is 0. The molecule has 0 aliphatic heterocycles. The predicted molar refractivity (Wildman–Crippen MR) is 118 cm³/mol. The van der Waals surface area contributed by atoms with Gasteiger partial charge in [-0.1, -0.05) is 51.1 Å². The van der Waals surface area contributed by atoms with Gasteiger partial charge in [-0.2, -0.15) is 5.26 Å². The number of fused-ring (bicyclic) bond motifs is 1. The lowest BCUT2D eigenvalue weighted by molar-refractivity contribution is 0.101. The second-order valence-corrected chi connectivity index (χ2v) is 7.16. The van der Waals surface area contributed by atoms with Crippen LogP contribution in [0.15, 0.2) is 53.3 Å². The SMILES string of the molecule is CC.CCc1cc2ccc(C(C)(C#N)Cc3cccc(C(C)=O)c3)cc2[nH]c1=O. The Labute approximate surface area is 172 Å². The number of hydrogen-bond acceptors (Lipinski definition) is 3. The molecular weight excluding hydrogens is 360 g/mol. The van der Waals surface area contributed by atoms with Crippen molar-refractivity contribution in [2.75, 3.05) is 0 Å². The van der Waals surface area contributed by atoms with E-state index >= 15 is 0 Å². The van der Waals surface area contributed by atoms with Gasteiger partial charge in [0.1, 0.15) is 0 Å². The molecule has 3 aromatic rings. The minimum atomic E-state index is -0.774. The number of nitriles is 1. The minimum absolute atomic E-state index is 0.00511. The molecule has 0 aliphatic rings. The van der Waals surface area contributed by atoms with E-state index in [9.17, 15) is 14.9 Å². The number of aryl methyl sites for hydroxylation is 1. The van der Waals surface area contributed by atoms with Crippen LogP contribution in [0.25, 0.3) is 10.9 Å². The van der Waals surface area contributed by atoms with Gasteiger partial charge in [0.15, 0.2) is 5.78 Å². The summed E-state index contributed by atoms with van der Waals surface area (Å²) < 4.78 is 0. The van der Waals surface area contributed by atoms with Crippen molar-refractivity contribution in [1.29, 1.82) is 5.26 Å². The molecule has 1 atom stereocenters. The fourth-order valence-electron chi connectivity index (χ4n) is 3.37. The van der Waals surface area contributed by atoms with Gasteiger partial charge >= 0.3 is 0 Å². The Balaban J connectivity index is 0.00000145. The molecule has 4 nitrogen and oxygen atoms in total. The summed E-state index contributed by atoms with van der Waals surface area (Å²) in [7, 11) is 0. The number of pyridine rings is 1. The summed E-state index contributed by atoms with van der Waals surface area (Å²) in [4.78, 5) is 26.7. The van der Waals surface area contributed by atoms with Crippen LogP contribution >= 0.6 is 0 Å². The Hall–Kier alpha value is -3.19. The number of hydrogen-bond donors (Lipinski definition) is 1. The molecule has 1 heterocycles. The molecule has 0 saturated heterocycles. The maximum absolute atomic E-state index is 12.1. The zero-order valence-electron chi connectivity index (χ0n) is 17.8. The smallest absolute Gasteiger partial charge is 0.251 e. The van der Waals surface area contributed by atoms with Crippen LogP contribution in [0.4, 0.5) is 0 Å². The van der Waals surface area contributed by atoms with Crippen molar-refractivity contribution < 1.29 is 4.79 Å². The molecule has 3 rings (SSSR count). The number of carbonyl (C=O) groups is 1.